The standard InChI is InChI=1S/C22H28N2O6S/c1-15(2)30-19-8-6-18(7-9-19)24(31(4,26)27)14-22(25)23-16(3)17-5-10-20-21(13-17)29-12-11-28-20/h5-10,13,15-16H,11-12,14H2,1-4H3,(H,23,25)/t16-/m0/s1. The number of nitrogens with zero attached hydrogens (tertiary/aromatic N) is 1. The topological polar surface area (TPSA) is 94.2 Å². The fourth-order valence-electron chi connectivity index (χ4n) is 3.19. The Morgan fingerprint density at radius 3 is 2.32 bits per heavy atom. The van der Waals surface area contributed by atoms with Gasteiger partial charge in [0.25, 0.3) is 0 Å². The van der Waals surface area contributed by atoms with E-state index in [1.54, 1.807) is 30.3 Å². The molecule has 0 radical (unpaired) electrons. The second-order valence-corrected chi connectivity index (χ2v) is 9.53. The lowest BCUT2D eigenvalue weighted by molar-refractivity contribution is -0.120. The zero-order valence-electron chi connectivity index (χ0n) is 18.1. The Kier molecular flexibility index (Phi) is 6.94. The van der Waals surface area contributed by atoms with E-state index in [0.717, 1.165) is 16.1 Å². The number of benzene rings is 2. The van der Waals surface area contributed by atoms with Gasteiger partial charge in [0.05, 0.1) is 24.1 Å². The second-order valence-electron chi connectivity index (χ2n) is 7.62. The molecule has 0 saturated heterocycles. The van der Waals surface area contributed by atoms with E-state index in [9.17, 15) is 13.2 Å². The van der Waals surface area contributed by atoms with Gasteiger partial charge in [-0.25, -0.2) is 8.42 Å². The molecule has 2 aromatic rings. The number of carbonyl (C=O) groups excluding carboxylic acids is 1. The van der Waals surface area contributed by atoms with Crippen LogP contribution in [0.25, 0.3) is 0 Å². The van der Waals surface area contributed by atoms with Crippen LogP contribution in [-0.2, 0) is 14.8 Å². The van der Waals surface area contributed by atoms with Crippen LogP contribution in [0.3, 0.4) is 0 Å². The molecule has 0 unspecified atom stereocenters. The van der Waals surface area contributed by atoms with Gasteiger partial charge in [-0.3, -0.25) is 9.10 Å². The van der Waals surface area contributed by atoms with E-state index in [-0.39, 0.29) is 18.7 Å². The average Bonchev–Trinajstić information content (AvgIpc) is 2.71. The summed E-state index contributed by atoms with van der Waals surface area (Å²) in [6.45, 7) is 6.28. The maximum atomic E-state index is 12.7. The number of rotatable bonds is 8. The molecule has 2 aromatic carbocycles. The predicted molar refractivity (Wildman–Crippen MR) is 118 cm³/mol. The van der Waals surface area contributed by atoms with Crippen molar-refractivity contribution < 1.29 is 27.4 Å². The van der Waals surface area contributed by atoms with Gasteiger partial charge < -0.3 is 19.5 Å². The Bertz CT molecular complexity index is 1020. The average molecular weight is 449 g/mol. The fraction of sp³-hybridized carbons (Fsp3) is 0.409. The van der Waals surface area contributed by atoms with Crippen LogP contribution in [0, 0.1) is 0 Å². The van der Waals surface area contributed by atoms with Crippen molar-refractivity contribution in [2.45, 2.75) is 32.9 Å². The van der Waals surface area contributed by atoms with Gasteiger partial charge in [0.2, 0.25) is 15.9 Å². The maximum absolute atomic E-state index is 12.7. The molecule has 0 saturated carbocycles. The molecule has 0 aromatic heterocycles. The lowest BCUT2D eigenvalue weighted by Gasteiger charge is -2.24. The minimum atomic E-state index is -3.67. The van der Waals surface area contributed by atoms with Crippen LogP contribution in [0.15, 0.2) is 42.5 Å². The summed E-state index contributed by atoms with van der Waals surface area (Å²) in [5.74, 6) is 1.51. The fourth-order valence-corrected chi connectivity index (χ4v) is 4.05. The number of hydrogen-bond acceptors (Lipinski definition) is 6. The summed E-state index contributed by atoms with van der Waals surface area (Å²) in [4.78, 5) is 12.7. The Hall–Kier alpha value is -2.94. The van der Waals surface area contributed by atoms with Crippen molar-refractivity contribution in [2.75, 3.05) is 30.3 Å². The molecule has 1 N–H and O–H groups in total. The highest BCUT2D eigenvalue weighted by Gasteiger charge is 2.23. The summed E-state index contributed by atoms with van der Waals surface area (Å²) >= 11 is 0. The monoisotopic (exact) mass is 448 g/mol. The summed E-state index contributed by atoms with van der Waals surface area (Å²) in [6.07, 6.45) is 1.08. The van der Waals surface area contributed by atoms with Crippen molar-refractivity contribution in [3.63, 3.8) is 0 Å². The van der Waals surface area contributed by atoms with Crippen LogP contribution in [0.1, 0.15) is 32.4 Å². The molecule has 1 amide bonds. The molecular weight excluding hydrogens is 420 g/mol. The number of hydrogen-bond donors (Lipinski definition) is 1. The van der Waals surface area contributed by atoms with Crippen LogP contribution >= 0.6 is 0 Å². The molecule has 168 valence electrons. The molecule has 0 fully saturated rings. The molecular formula is C22H28N2O6S. The van der Waals surface area contributed by atoms with E-state index in [4.69, 9.17) is 14.2 Å². The molecule has 1 aliphatic heterocycles. The van der Waals surface area contributed by atoms with Gasteiger partial charge in [-0.05, 0) is 62.7 Å². The summed E-state index contributed by atoms with van der Waals surface area (Å²) in [7, 11) is -3.67. The maximum Gasteiger partial charge on any atom is 0.241 e. The summed E-state index contributed by atoms with van der Waals surface area (Å²) in [5.41, 5.74) is 1.22. The van der Waals surface area contributed by atoms with E-state index in [2.05, 4.69) is 5.32 Å². The van der Waals surface area contributed by atoms with Crippen LogP contribution in [0.4, 0.5) is 5.69 Å². The third kappa shape index (κ3) is 6.04. The Morgan fingerprint density at radius 2 is 1.71 bits per heavy atom. The minimum absolute atomic E-state index is 0.00434. The lowest BCUT2D eigenvalue weighted by atomic mass is 10.1. The first kappa shape index (κ1) is 22.7. The van der Waals surface area contributed by atoms with Gasteiger partial charge in [0, 0.05) is 0 Å². The number of amides is 1. The summed E-state index contributed by atoms with van der Waals surface area (Å²) < 4.78 is 42.4. The second kappa shape index (κ2) is 9.47. The van der Waals surface area contributed by atoms with Crippen LogP contribution in [0.5, 0.6) is 17.2 Å². The third-order valence-electron chi connectivity index (χ3n) is 4.63. The highest BCUT2D eigenvalue weighted by Crippen LogP contribution is 2.32. The van der Waals surface area contributed by atoms with Gasteiger partial charge in [-0.1, -0.05) is 6.07 Å². The van der Waals surface area contributed by atoms with E-state index in [1.165, 1.54) is 0 Å². The van der Waals surface area contributed by atoms with Crippen molar-refractivity contribution in [2.24, 2.45) is 0 Å². The first-order valence-corrected chi connectivity index (χ1v) is 11.9. The van der Waals surface area contributed by atoms with Crippen molar-refractivity contribution in [1.29, 1.82) is 0 Å². The molecule has 8 nitrogen and oxygen atoms in total. The largest absolute Gasteiger partial charge is 0.491 e. The number of carbonyl (C=O) groups is 1. The zero-order valence-corrected chi connectivity index (χ0v) is 18.9. The molecule has 1 atom stereocenters. The number of fused-ring (bicyclic) bond motifs is 1. The zero-order chi connectivity index (χ0) is 22.6. The van der Waals surface area contributed by atoms with Crippen molar-refractivity contribution in [3.05, 3.63) is 48.0 Å². The van der Waals surface area contributed by atoms with Crippen molar-refractivity contribution in [3.8, 4) is 17.2 Å². The Labute approximate surface area is 183 Å². The Balaban J connectivity index is 1.69. The molecule has 1 aliphatic rings. The highest BCUT2D eigenvalue weighted by atomic mass is 32.2. The van der Waals surface area contributed by atoms with Gasteiger partial charge >= 0.3 is 0 Å². The smallest absolute Gasteiger partial charge is 0.241 e. The summed E-state index contributed by atoms with van der Waals surface area (Å²) in [6, 6.07) is 11.7. The predicted octanol–water partition coefficient (Wildman–Crippen LogP) is 2.89. The normalized spacial score (nSPS) is 14.1. The number of ether oxygens (including phenoxy) is 3. The Morgan fingerprint density at radius 1 is 1.06 bits per heavy atom. The van der Waals surface area contributed by atoms with E-state index in [1.807, 2.05) is 32.9 Å². The van der Waals surface area contributed by atoms with Crippen LogP contribution in [0.2, 0.25) is 0 Å². The molecule has 0 aliphatic carbocycles. The SMILES string of the molecule is CC(C)Oc1ccc(N(CC(=O)N[C@@H](C)c2ccc3c(c2)OCCO3)S(C)(=O)=O)cc1. The van der Waals surface area contributed by atoms with Crippen molar-refractivity contribution >= 4 is 21.6 Å². The number of anilines is 1. The highest BCUT2D eigenvalue weighted by molar-refractivity contribution is 7.92. The van der Waals surface area contributed by atoms with Gasteiger partial charge in [0.1, 0.15) is 25.5 Å². The lowest BCUT2D eigenvalue weighted by Crippen LogP contribution is -2.41. The van der Waals surface area contributed by atoms with Crippen LogP contribution < -0.4 is 23.8 Å². The quantitative estimate of drug-likeness (QED) is 0.667. The van der Waals surface area contributed by atoms with Gasteiger partial charge in [-0.2, -0.15) is 0 Å². The molecule has 0 spiro atoms. The summed E-state index contributed by atoms with van der Waals surface area (Å²) in [5, 5.41) is 2.85. The van der Waals surface area contributed by atoms with Crippen LogP contribution in [-0.4, -0.2) is 46.4 Å². The minimum Gasteiger partial charge on any atom is -0.491 e. The first-order chi connectivity index (χ1) is 14.6. The van der Waals surface area contributed by atoms with E-state index in [0.29, 0.717) is 36.1 Å². The molecule has 9 heteroatoms. The number of nitrogens with one attached hydrogen (secondary N) is 1. The molecule has 31 heavy (non-hydrogen) atoms. The van der Waals surface area contributed by atoms with Gasteiger partial charge in [0.15, 0.2) is 11.5 Å². The van der Waals surface area contributed by atoms with Crippen molar-refractivity contribution in [1.82, 2.24) is 5.32 Å². The molecule has 3 rings (SSSR count). The van der Waals surface area contributed by atoms with E-state index < -0.39 is 15.9 Å². The molecule has 0 bridgehead atoms. The number of sulfonamides is 1. The first-order valence-electron chi connectivity index (χ1n) is 10.1. The molecule has 1 heterocycles. The third-order valence-corrected chi connectivity index (χ3v) is 5.77. The van der Waals surface area contributed by atoms with Gasteiger partial charge in [-0.15, -0.1) is 0 Å². The van der Waals surface area contributed by atoms with E-state index >= 15 is 0 Å².